The van der Waals surface area contributed by atoms with E-state index in [1.165, 1.54) is 18.9 Å². The van der Waals surface area contributed by atoms with E-state index >= 15 is 0 Å². The Balaban J connectivity index is 0.792. The summed E-state index contributed by atoms with van der Waals surface area (Å²) in [6.45, 7) is 19.9. The minimum atomic E-state index is -2.48. The van der Waals surface area contributed by atoms with Crippen molar-refractivity contribution in [3.05, 3.63) is 83.0 Å². The summed E-state index contributed by atoms with van der Waals surface area (Å²) >= 11 is 0. The number of nitrogens with zero attached hydrogens (tertiary/aromatic N) is 10. The number of amides is 3. The molecule has 5 fully saturated rings. The molecule has 4 saturated heterocycles. The number of esters is 1. The van der Waals surface area contributed by atoms with Gasteiger partial charge in [-0.1, -0.05) is 64.2 Å². The molecule has 8 heterocycles. The van der Waals surface area contributed by atoms with Crippen LogP contribution in [0.3, 0.4) is 0 Å². The van der Waals surface area contributed by atoms with Crippen LogP contribution in [0, 0.1) is 29.6 Å². The highest BCUT2D eigenvalue weighted by Crippen LogP contribution is 2.38. The van der Waals surface area contributed by atoms with Crippen molar-refractivity contribution in [2.45, 2.75) is 212 Å². The zero-order chi connectivity index (χ0) is 75.6. The number of piperidine rings is 1. The maximum atomic E-state index is 14.9. The largest absolute Gasteiger partial charge is 0.459 e. The molecule has 7 aliphatic rings. The molecule has 0 aromatic carbocycles. The third-order valence-electron chi connectivity index (χ3n) is 22.5. The molecular weight excluding hydrogens is 1350 g/mol. The number of anilines is 2. The summed E-state index contributed by atoms with van der Waals surface area (Å²) in [5.74, 6) is -6.79. The van der Waals surface area contributed by atoms with Crippen LogP contribution in [0.15, 0.2) is 66.2 Å². The van der Waals surface area contributed by atoms with Crippen LogP contribution in [0.5, 0.6) is 0 Å². The molecule has 28 heteroatoms. The van der Waals surface area contributed by atoms with Gasteiger partial charge in [0.25, 0.3) is 11.7 Å². The summed E-state index contributed by atoms with van der Waals surface area (Å²) in [7, 11) is 4.64. The Bertz CT molecular complexity index is 3400. The molecule has 28 nitrogen and oxygen atoms in total. The number of ether oxygens (including phenoxy) is 7. The Morgan fingerprint density at radius 3 is 2.13 bits per heavy atom. The molecule has 0 unspecified atom stereocenters. The Morgan fingerprint density at radius 2 is 1.43 bits per heavy atom. The third kappa shape index (κ3) is 21.7. The molecular formula is C77H115N11O17. The number of nitrogens with two attached hydrogens (primary N) is 1. The smallest absolute Gasteiger partial charge is 0.410 e. The van der Waals surface area contributed by atoms with Crippen LogP contribution >= 0.6 is 0 Å². The second kappa shape index (κ2) is 38.7. The second-order valence-electron chi connectivity index (χ2n) is 30.0. The van der Waals surface area contributed by atoms with Crippen molar-refractivity contribution in [2.75, 3.05) is 116 Å². The molecule has 1 saturated carbocycles. The van der Waals surface area contributed by atoms with Gasteiger partial charge in [0.05, 0.1) is 61.9 Å². The van der Waals surface area contributed by atoms with Crippen molar-refractivity contribution in [2.24, 2.45) is 35.3 Å². The van der Waals surface area contributed by atoms with Gasteiger partial charge >= 0.3 is 12.1 Å². The number of Topliss-reactive ketones (excluding diaryl/α,β-unsaturated/α-hetero) is 3. The fourth-order valence-electron chi connectivity index (χ4n) is 15.7. The van der Waals surface area contributed by atoms with Crippen molar-refractivity contribution in [1.82, 2.24) is 39.5 Å². The highest BCUT2D eigenvalue weighted by Gasteiger charge is 2.53. The van der Waals surface area contributed by atoms with E-state index in [0.717, 1.165) is 49.6 Å². The molecule has 16 atom stereocenters. The van der Waals surface area contributed by atoms with E-state index in [4.69, 9.17) is 48.9 Å². The summed E-state index contributed by atoms with van der Waals surface area (Å²) in [6, 6.07) is -2.03. The predicted octanol–water partition coefficient (Wildman–Crippen LogP) is 5.53. The van der Waals surface area contributed by atoms with Crippen LogP contribution in [0.25, 0.3) is 0 Å². The van der Waals surface area contributed by atoms with Gasteiger partial charge in [0.2, 0.25) is 23.6 Å². The molecule has 2 aromatic heterocycles. The minimum absolute atomic E-state index is 0.0399. The number of ketones is 3. The summed E-state index contributed by atoms with van der Waals surface area (Å²) < 4.78 is 42.9. The number of aliphatic hydroxyl groups is 3. The van der Waals surface area contributed by atoms with Gasteiger partial charge in [-0.2, -0.15) is 0 Å². The predicted molar refractivity (Wildman–Crippen MR) is 390 cm³/mol. The monoisotopic (exact) mass is 1470 g/mol. The van der Waals surface area contributed by atoms with Crippen molar-refractivity contribution in [3.63, 3.8) is 0 Å². The molecule has 3 amide bonds. The summed E-state index contributed by atoms with van der Waals surface area (Å²) in [6.07, 6.45) is 13.8. The molecule has 2 aromatic rings. The van der Waals surface area contributed by atoms with E-state index in [-0.39, 0.29) is 55.9 Å². The lowest BCUT2D eigenvalue weighted by Crippen LogP contribution is -2.61. The molecule has 2 bridgehead atoms. The molecule has 5 N–H and O–H groups in total. The number of aliphatic hydroxyl groups excluding tert-OH is 2. The van der Waals surface area contributed by atoms with E-state index in [1.54, 1.807) is 64.6 Å². The van der Waals surface area contributed by atoms with Crippen molar-refractivity contribution in [3.8, 4) is 0 Å². The number of hydrogen-bond acceptors (Lipinski definition) is 25. The standard InChI is InChI=1S/C77H115N11O17/c1-48-16-12-11-13-17-49(2)63(99-8)42-58-21-19-53(6)77(98,105-58)71(94)72(95)88-25-15-14-18-61(88)73(96)103-65(43-64(100-9)50(3)39-52(5)69(92)70(93)68(91)51(4)38-48)59(78)40-55-20-22-62(66(41-55)101-10)104-76(97)87-26-23-60-57(47-87)46-81-75(82-60)86-33-31-84(32-34-86)67(90)24-36-102-37-35-83-27-29-85(30-28-83)74-79-44-56(45-80-74)54(7)89/h11-13,16-17,39,44-46,48,50-51,53,55,58-59,61-66,69-70,92-93,98H,14-15,18-38,40-43,47,78H2,1-10H3/b13-11+,16-12+,49-17+,52-39+/t48-,50-,51-,53-,55+,58+,59-,61+,62-,63+,64-,65+,66-,69-,70+,77-/m1/s1. The average molecular weight is 1470 g/mol. The number of piperazine rings is 2. The first-order valence-corrected chi connectivity index (χ1v) is 37.9. The van der Waals surface area contributed by atoms with Crippen LogP contribution < -0.4 is 15.5 Å². The topological polar surface area (TPSA) is 342 Å². The number of methoxy groups -OCH3 is 3. The Labute approximate surface area is 618 Å². The van der Waals surface area contributed by atoms with Gasteiger partial charge in [-0.25, -0.2) is 29.5 Å². The molecule has 0 radical (unpaired) electrons. The van der Waals surface area contributed by atoms with Gasteiger partial charge in [0.15, 0.2) is 11.6 Å². The van der Waals surface area contributed by atoms with Gasteiger partial charge in [-0.15, -0.1) is 0 Å². The van der Waals surface area contributed by atoms with E-state index in [1.807, 2.05) is 56.1 Å². The molecule has 0 spiro atoms. The second-order valence-corrected chi connectivity index (χ2v) is 30.0. The highest BCUT2D eigenvalue weighted by molar-refractivity contribution is 6.39. The zero-order valence-electron chi connectivity index (χ0n) is 63.3. The van der Waals surface area contributed by atoms with E-state index in [9.17, 15) is 48.9 Å². The third-order valence-corrected chi connectivity index (χ3v) is 22.5. The number of rotatable bonds is 16. The van der Waals surface area contributed by atoms with Crippen molar-refractivity contribution in [1.29, 1.82) is 0 Å². The lowest BCUT2D eigenvalue weighted by molar-refractivity contribution is -0.265. The maximum absolute atomic E-state index is 14.9. The Morgan fingerprint density at radius 1 is 0.724 bits per heavy atom. The lowest BCUT2D eigenvalue weighted by Gasteiger charge is -2.43. The van der Waals surface area contributed by atoms with E-state index in [0.29, 0.717) is 140 Å². The number of carbonyl (C=O) groups is 7. The molecule has 6 aliphatic heterocycles. The minimum Gasteiger partial charge on any atom is -0.459 e. The summed E-state index contributed by atoms with van der Waals surface area (Å²) in [5, 5.41) is 35.0. The van der Waals surface area contributed by atoms with Crippen LogP contribution in [-0.4, -0.2) is 269 Å². The zero-order valence-corrected chi connectivity index (χ0v) is 63.3. The van der Waals surface area contributed by atoms with Crippen molar-refractivity contribution < 1.29 is 82.0 Å². The normalized spacial score (nSPS) is 32.7. The number of fused-ring (bicyclic) bond motifs is 4. The van der Waals surface area contributed by atoms with Crippen LogP contribution in [-0.2, 0) is 70.1 Å². The first kappa shape index (κ1) is 82.1. The maximum Gasteiger partial charge on any atom is 0.410 e. The van der Waals surface area contributed by atoms with Gasteiger partial charge in [-0.3, -0.25) is 28.9 Å². The molecule has 1 aliphatic carbocycles. The number of aromatic nitrogens is 4. The molecule has 580 valence electrons. The highest BCUT2D eigenvalue weighted by atomic mass is 16.6. The van der Waals surface area contributed by atoms with E-state index < -0.39 is 114 Å². The number of hydrogen-bond donors (Lipinski definition) is 4. The first-order chi connectivity index (χ1) is 50.3. The lowest BCUT2D eigenvalue weighted by atomic mass is 9.80. The molecule has 9 rings (SSSR count). The van der Waals surface area contributed by atoms with Gasteiger partial charge in [0, 0.05) is 161 Å². The van der Waals surface area contributed by atoms with E-state index in [2.05, 4.69) is 24.7 Å². The average Bonchev–Trinajstić information content (AvgIpc) is 0.773. The van der Waals surface area contributed by atoms with Gasteiger partial charge in [0.1, 0.15) is 30.5 Å². The fraction of sp³-hybridized carbons (Fsp3) is 0.701. The fourth-order valence-corrected chi connectivity index (χ4v) is 15.7. The summed E-state index contributed by atoms with van der Waals surface area (Å²) in [5.41, 5.74) is 10.6. The van der Waals surface area contributed by atoms with Crippen LogP contribution in [0.2, 0.25) is 0 Å². The molecule has 105 heavy (non-hydrogen) atoms. The van der Waals surface area contributed by atoms with Crippen molar-refractivity contribution >= 4 is 53.1 Å². The number of cyclic esters (lactones) is 1. The SMILES string of the molecule is CO[C@H]1C[C@@H]2CC[C@@H](C)[C@@](O)(O2)C(=O)C(=O)N2CCCC[C@H]2C(=O)O[C@H]([C@H](N)C[C@@H]2CC[C@@H](OC(=O)N3CCc4nc(N5CCN(C(=O)CCOCCN6CCN(c7ncc(C(C)=O)cn7)CC6)CC5)ncc4C3)[C@H](OC)C2)C[C@@H](OC)[C@H](C)/C=C(\C)[C@@H](O)[C@@H](O)C(=O)[C@H](C)C[C@H](C)/C=C/C=C/C=C/1C. The number of allylic oxidation sites excluding steroid dienone is 5. The van der Waals surface area contributed by atoms with Crippen LogP contribution in [0.1, 0.15) is 154 Å². The first-order valence-electron chi connectivity index (χ1n) is 37.9. The Hall–Kier alpha value is -6.99. The van der Waals surface area contributed by atoms with Gasteiger partial charge < -0.3 is 78.7 Å². The summed E-state index contributed by atoms with van der Waals surface area (Å²) in [4.78, 5) is 126. The Kier molecular flexibility index (Phi) is 30.3. The number of carbonyl (C=O) groups excluding carboxylic acids is 7. The van der Waals surface area contributed by atoms with Crippen LogP contribution in [0.4, 0.5) is 16.7 Å². The quantitative estimate of drug-likeness (QED) is 0.0528. The van der Waals surface area contributed by atoms with Gasteiger partial charge in [-0.05, 0) is 108 Å².